The molecule has 0 aliphatic carbocycles. The van der Waals surface area contributed by atoms with Gasteiger partial charge in [-0.2, -0.15) is 5.10 Å². The first kappa shape index (κ1) is 23.7. The minimum atomic E-state index is -0.638. The van der Waals surface area contributed by atoms with Crippen LogP contribution in [0.25, 0.3) is 22.6 Å². The van der Waals surface area contributed by atoms with Gasteiger partial charge in [-0.15, -0.1) is 15.0 Å². The molecule has 1 atom stereocenters. The summed E-state index contributed by atoms with van der Waals surface area (Å²) in [5, 5.41) is 19.9. The van der Waals surface area contributed by atoms with Crippen molar-refractivity contribution in [3.63, 3.8) is 0 Å². The molecule has 1 aromatic carbocycles. The number of rotatable bonds is 8. The molecule has 11 nitrogen and oxygen atoms in total. The third-order valence-electron chi connectivity index (χ3n) is 5.44. The fourth-order valence-electron chi connectivity index (χ4n) is 3.48. The Hall–Kier alpha value is -4.41. The molecule has 0 aliphatic heterocycles. The molecule has 4 aromatic rings. The molecule has 0 saturated heterocycles. The third kappa shape index (κ3) is 5.08. The Morgan fingerprint density at radius 3 is 2.60 bits per heavy atom. The average Bonchev–Trinajstić information content (AvgIpc) is 3.50. The number of carbonyl (C=O) groups excluding carboxylic acids is 2. The number of amides is 1. The van der Waals surface area contributed by atoms with Crippen molar-refractivity contribution in [3.05, 3.63) is 59.9 Å². The largest absolute Gasteiger partial charge is 0.438 e. The molecule has 3 heterocycles. The second-order valence-electron chi connectivity index (χ2n) is 7.87. The number of carbonyl (C=O) groups is 2. The predicted molar refractivity (Wildman–Crippen MR) is 128 cm³/mol. The molecule has 0 spiro atoms. The summed E-state index contributed by atoms with van der Waals surface area (Å²) in [6.07, 6.45) is 3.47. The Morgan fingerprint density at radius 2 is 1.91 bits per heavy atom. The number of benzene rings is 1. The highest BCUT2D eigenvalue weighted by molar-refractivity contribution is 6.04. The molecule has 1 amide bonds. The topological polar surface area (TPSA) is 130 Å². The zero-order chi connectivity index (χ0) is 24.9. The van der Waals surface area contributed by atoms with Crippen LogP contribution in [0.3, 0.4) is 0 Å². The summed E-state index contributed by atoms with van der Waals surface area (Å²) in [5.41, 5.74) is 3.64. The maximum atomic E-state index is 12.7. The van der Waals surface area contributed by atoms with Crippen LogP contribution in [0.4, 0.5) is 5.82 Å². The smallest absolute Gasteiger partial charge is 0.307 e. The van der Waals surface area contributed by atoms with Crippen molar-refractivity contribution in [3.8, 4) is 22.6 Å². The van der Waals surface area contributed by atoms with E-state index < -0.39 is 6.23 Å². The van der Waals surface area contributed by atoms with Gasteiger partial charge in [-0.05, 0) is 41.5 Å². The molecule has 1 unspecified atom stereocenters. The number of aryl methyl sites for hydroxylation is 2. The molecule has 0 aliphatic rings. The van der Waals surface area contributed by atoms with E-state index in [9.17, 15) is 9.59 Å². The van der Waals surface area contributed by atoms with Crippen molar-refractivity contribution in [2.45, 2.75) is 39.8 Å². The van der Waals surface area contributed by atoms with Gasteiger partial charge in [-0.3, -0.25) is 14.3 Å². The molecule has 180 valence electrons. The van der Waals surface area contributed by atoms with Crippen LogP contribution >= 0.6 is 0 Å². The van der Waals surface area contributed by atoms with Gasteiger partial charge in [-0.1, -0.05) is 32.0 Å². The first-order valence-corrected chi connectivity index (χ1v) is 11.3. The van der Waals surface area contributed by atoms with Crippen LogP contribution in [0.2, 0.25) is 0 Å². The number of esters is 1. The first-order valence-electron chi connectivity index (χ1n) is 11.3. The van der Waals surface area contributed by atoms with Crippen LogP contribution in [0, 0.1) is 6.92 Å². The first-order chi connectivity index (χ1) is 16.9. The van der Waals surface area contributed by atoms with Gasteiger partial charge in [0, 0.05) is 37.2 Å². The summed E-state index contributed by atoms with van der Waals surface area (Å²) in [5.74, 6) is 0.291. The SMILES string of the molecule is CCC(=O)OC(CC)n1nnc(-c2c(-c3ccc(C(=O)Nc4ncccc4C)cc3)cnn2C)n1. The van der Waals surface area contributed by atoms with Gasteiger partial charge in [0.1, 0.15) is 11.5 Å². The molecule has 0 radical (unpaired) electrons. The number of ether oxygens (including phenoxy) is 1. The number of anilines is 1. The van der Waals surface area contributed by atoms with Crippen molar-refractivity contribution in [1.82, 2.24) is 35.0 Å². The molecule has 11 heteroatoms. The number of hydrogen-bond donors (Lipinski definition) is 1. The summed E-state index contributed by atoms with van der Waals surface area (Å²) < 4.78 is 7.04. The maximum Gasteiger partial charge on any atom is 0.307 e. The lowest BCUT2D eigenvalue weighted by Crippen LogP contribution is -2.18. The Bertz CT molecular complexity index is 1340. The molecule has 3 aromatic heterocycles. The summed E-state index contributed by atoms with van der Waals surface area (Å²) in [6, 6.07) is 10.9. The Labute approximate surface area is 202 Å². The minimum Gasteiger partial charge on any atom is -0.438 e. The lowest BCUT2D eigenvalue weighted by Gasteiger charge is -2.13. The third-order valence-corrected chi connectivity index (χ3v) is 5.44. The van der Waals surface area contributed by atoms with Crippen LogP contribution in [0.5, 0.6) is 0 Å². The molecular formula is C24H26N8O3. The number of nitrogens with one attached hydrogen (secondary N) is 1. The van der Waals surface area contributed by atoms with E-state index >= 15 is 0 Å². The van der Waals surface area contributed by atoms with E-state index in [1.807, 2.05) is 38.1 Å². The number of pyridine rings is 1. The summed E-state index contributed by atoms with van der Waals surface area (Å²) in [4.78, 5) is 29.9. The van der Waals surface area contributed by atoms with Crippen molar-refractivity contribution < 1.29 is 14.3 Å². The number of hydrogen-bond acceptors (Lipinski definition) is 8. The molecule has 35 heavy (non-hydrogen) atoms. The van der Waals surface area contributed by atoms with Gasteiger partial charge >= 0.3 is 5.97 Å². The summed E-state index contributed by atoms with van der Waals surface area (Å²) in [7, 11) is 1.78. The lowest BCUT2D eigenvalue weighted by molar-refractivity contribution is -0.155. The van der Waals surface area contributed by atoms with Crippen LogP contribution in [0.1, 0.15) is 48.8 Å². The fourth-order valence-corrected chi connectivity index (χ4v) is 3.48. The maximum absolute atomic E-state index is 12.7. The highest BCUT2D eigenvalue weighted by Gasteiger charge is 2.22. The van der Waals surface area contributed by atoms with Crippen molar-refractivity contribution in [1.29, 1.82) is 0 Å². The van der Waals surface area contributed by atoms with Crippen LogP contribution in [-0.4, -0.2) is 46.8 Å². The zero-order valence-electron chi connectivity index (χ0n) is 20.0. The van der Waals surface area contributed by atoms with Crippen molar-refractivity contribution in [2.24, 2.45) is 7.05 Å². The molecule has 0 saturated carbocycles. The van der Waals surface area contributed by atoms with E-state index in [4.69, 9.17) is 4.74 Å². The highest BCUT2D eigenvalue weighted by atomic mass is 16.6. The molecule has 0 bridgehead atoms. The van der Waals surface area contributed by atoms with E-state index in [-0.39, 0.29) is 18.3 Å². The van der Waals surface area contributed by atoms with Gasteiger partial charge in [0.25, 0.3) is 5.91 Å². The summed E-state index contributed by atoms with van der Waals surface area (Å²) in [6.45, 7) is 5.49. The van der Waals surface area contributed by atoms with E-state index in [0.717, 1.165) is 16.7 Å². The van der Waals surface area contributed by atoms with Crippen LogP contribution in [0.15, 0.2) is 48.8 Å². The van der Waals surface area contributed by atoms with Crippen molar-refractivity contribution in [2.75, 3.05) is 5.32 Å². The quantitative estimate of drug-likeness (QED) is 0.384. The van der Waals surface area contributed by atoms with E-state index in [2.05, 4.69) is 30.8 Å². The van der Waals surface area contributed by atoms with E-state index in [1.165, 1.54) is 4.80 Å². The average molecular weight is 475 g/mol. The van der Waals surface area contributed by atoms with E-state index in [1.54, 1.807) is 43.2 Å². The van der Waals surface area contributed by atoms with Gasteiger partial charge in [0.15, 0.2) is 0 Å². The van der Waals surface area contributed by atoms with Crippen LogP contribution in [-0.2, 0) is 16.6 Å². The van der Waals surface area contributed by atoms with Gasteiger partial charge in [0.05, 0.1) is 6.20 Å². The second-order valence-corrected chi connectivity index (χ2v) is 7.87. The van der Waals surface area contributed by atoms with Crippen molar-refractivity contribution >= 4 is 17.7 Å². The normalized spacial score (nSPS) is 11.8. The molecule has 4 rings (SSSR count). The zero-order valence-corrected chi connectivity index (χ0v) is 20.0. The fraction of sp³-hybridized carbons (Fsp3) is 0.292. The Balaban J connectivity index is 1.57. The Morgan fingerprint density at radius 1 is 1.14 bits per heavy atom. The van der Waals surface area contributed by atoms with Gasteiger partial charge < -0.3 is 10.1 Å². The van der Waals surface area contributed by atoms with E-state index in [0.29, 0.717) is 29.3 Å². The lowest BCUT2D eigenvalue weighted by atomic mass is 10.0. The number of tetrazole rings is 1. The van der Waals surface area contributed by atoms with Gasteiger partial charge in [-0.25, -0.2) is 4.98 Å². The van der Waals surface area contributed by atoms with Gasteiger partial charge in [0.2, 0.25) is 12.1 Å². The highest BCUT2D eigenvalue weighted by Crippen LogP contribution is 2.30. The number of nitrogens with zero attached hydrogens (tertiary/aromatic N) is 7. The minimum absolute atomic E-state index is 0.249. The monoisotopic (exact) mass is 474 g/mol. The molecule has 0 fully saturated rings. The molecule has 1 N–H and O–H groups in total. The number of aromatic nitrogens is 7. The second kappa shape index (κ2) is 10.2. The Kier molecular flexibility index (Phi) is 6.95. The summed E-state index contributed by atoms with van der Waals surface area (Å²) >= 11 is 0. The standard InChI is InChI=1S/C24H26N8O3/c1-5-19(35-20(33)6-2)32-29-23(28-30-32)21-18(14-26-31(21)4)16-9-11-17(12-10-16)24(34)27-22-15(3)8-7-13-25-22/h7-14,19H,5-6H2,1-4H3,(H,25,27,34). The predicted octanol–water partition coefficient (Wildman–Crippen LogP) is 3.56. The van der Waals surface area contributed by atoms with Crippen LogP contribution < -0.4 is 5.32 Å². The molecular weight excluding hydrogens is 448 g/mol.